The van der Waals surface area contributed by atoms with E-state index in [2.05, 4.69) is 12.5 Å². The molecule has 8 heavy (non-hydrogen) atoms. The largest absolute Gasteiger partial charge is 0.481 e. The molecule has 2 nitrogen and oxygen atoms in total. The van der Waals surface area contributed by atoms with E-state index in [1.54, 1.807) is 0 Å². The van der Waals surface area contributed by atoms with Gasteiger partial charge in [0.1, 0.15) is 0 Å². The van der Waals surface area contributed by atoms with Crippen molar-refractivity contribution in [1.82, 2.24) is 0 Å². The molecule has 1 N–H and O–H groups in total. The van der Waals surface area contributed by atoms with Gasteiger partial charge in [0.15, 0.2) is 0 Å². The molecule has 0 rings (SSSR count). The fraction of sp³-hybridized carbons (Fsp3) is 0.800. The van der Waals surface area contributed by atoms with Gasteiger partial charge in [-0.2, -0.15) is 0 Å². The minimum atomic E-state index is -0.679. The summed E-state index contributed by atoms with van der Waals surface area (Å²) in [6, 6.07) is 0. The van der Waals surface area contributed by atoms with E-state index in [9.17, 15) is 4.79 Å². The summed E-state index contributed by atoms with van der Waals surface area (Å²) in [4.78, 5) is 9.91. The Kier molecular flexibility index (Phi) is 3.69. The van der Waals surface area contributed by atoms with Crippen LogP contribution >= 0.6 is 10.9 Å². The number of hydrogen-bond acceptors (Lipinski definition) is 1. The fourth-order valence-corrected chi connectivity index (χ4v) is 0.958. The predicted molar refractivity (Wildman–Crippen MR) is 38.0 cm³/mol. The molecule has 0 aromatic rings. The summed E-state index contributed by atoms with van der Waals surface area (Å²) in [7, 11) is -0.0138. The van der Waals surface area contributed by atoms with Crippen LogP contribution in [0.25, 0.3) is 0 Å². The average molecular weight is 136 g/mol. The van der Waals surface area contributed by atoms with Gasteiger partial charge in [0.2, 0.25) is 0 Å². The molecule has 0 fully saturated rings. The Hall–Kier alpha value is -0.180. The van der Waals surface area contributed by atoms with Crippen molar-refractivity contribution in [3.63, 3.8) is 0 Å². The lowest BCUT2D eigenvalue weighted by atomic mass is 10.5. The molecule has 0 atom stereocenters. The minimum absolute atomic E-state index is 0.0138. The molecule has 0 saturated heterocycles. The fourth-order valence-electron chi connectivity index (χ4n) is 0.319. The summed E-state index contributed by atoms with van der Waals surface area (Å²) in [5.74, 6) is 0.172. The summed E-state index contributed by atoms with van der Waals surface area (Å²) in [5.41, 5.74) is 0. The highest BCUT2D eigenvalue weighted by Gasteiger charge is 1.95. The highest BCUT2D eigenvalue weighted by atomic mass is 32.2. The molecular formula is C5H12O2S. The van der Waals surface area contributed by atoms with Crippen LogP contribution in [0.15, 0.2) is 0 Å². The van der Waals surface area contributed by atoms with Crippen molar-refractivity contribution in [3.05, 3.63) is 0 Å². The van der Waals surface area contributed by atoms with Crippen molar-refractivity contribution in [2.75, 3.05) is 18.3 Å². The van der Waals surface area contributed by atoms with Crippen molar-refractivity contribution < 1.29 is 9.90 Å². The third-order valence-corrected chi connectivity index (χ3v) is 1.89. The quantitative estimate of drug-likeness (QED) is 0.561. The zero-order valence-electron chi connectivity index (χ0n) is 5.22. The molecule has 0 unspecified atom stereocenters. The number of carboxylic acid groups (broad SMARTS) is 1. The molecule has 0 aliphatic carbocycles. The number of carboxylic acids is 1. The maximum absolute atomic E-state index is 9.91. The van der Waals surface area contributed by atoms with Crippen LogP contribution < -0.4 is 0 Å². The molecule has 0 spiro atoms. The Morgan fingerprint density at radius 1 is 1.62 bits per heavy atom. The molecule has 0 heterocycles. The molecule has 0 bridgehead atoms. The lowest BCUT2D eigenvalue weighted by Gasteiger charge is -2.03. The van der Waals surface area contributed by atoms with Crippen molar-refractivity contribution in [2.45, 2.75) is 6.42 Å². The first kappa shape index (κ1) is 7.82. The van der Waals surface area contributed by atoms with Crippen molar-refractivity contribution in [1.29, 1.82) is 0 Å². The van der Waals surface area contributed by atoms with Crippen LogP contribution in [-0.4, -0.2) is 29.3 Å². The second-order valence-corrected chi connectivity index (χ2v) is 4.55. The Labute approximate surface area is 52.2 Å². The van der Waals surface area contributed by atoms with Gasteiger partial charge >= 0.3 is 5.97 Å². The van der Waals surface area contributed by atoms with Crippen LogP contribution in [0, 0.1) is 0 Å². The molecule has 0 aliphatic rings. The van der Waals surface area contributed by atoms with E-state index in [1.807, 2.05) is 0 Å². The second kappa shape index (κ2) is 3.78. The van der Waals surface area contributed by atoms with Crippen molar-refractivity contribution in [2.24, 2.45) is 0 Å². The Bertz CT molecular complexity index is 80.5. The van der Waals surface area contributed by atoms with Gasteiger partial charge in [0.25, 0.3) is 0 Å². The Morgan fingerprint density at radius 3 is 2.25 bits per heavy atom. The van der Waals surface area contributed by atoms with Crippen LogP contribution in [0.5, 0.6) is 0 Å². The topological polar surface area (TPSA) is 37.3 Å². The van der Waals surface area contributed by atoms with Gasteiger partial charge in [0.05, 0.1) is 6.42 Å². The van der Waals surface area contributed by atoms with Crippen LogP contribution in [0.2, 0.25) is 0 Å². The average Bonchev–Trinajstić information content (AvgIpc) is 1.61. The SMILES string of the molecule is C[SH](C)CCC(=O)O. The van der Waals surface area contributed by atoms with Crippen molar-refractivity contribution >= 4 is 16.9 Å². The van der Waals surface area contributed by atoms with Crippen LogP contribution in [0.4, 0.5) is 0 Å². The number of aliphatic carboxylic acids is 1. The summed E-state index contributed by atoms with van der Waals surface area (Å²) >= 11 is 0. The van der Waals surface area contributed by atoms with Gasteiger partial charge in [0, 0.05) is 0 Å². The van der Waals surface area contributed by atoms with E-state index < -0.39 is 5.97 Å². The molecule has 0 radical (unpaired) electrons. The molecule has 3 heteroatoms. The summed E-state index contributed by atoms with van der Waals surface area (Å²) < 4.78 is 0. The molecule has 0 amide bonds. The maximum atomic E-state index is 9.91. The van der Waals surface area contributed by atoms with Crippen LogP contribution in [0.1, 0.15) is 6.42 Å². The first-order valence-electron chi connectivity index (χ1n) is 2.49. The molecule has 0 aromatic heterocycles. The normalized spacial score (nSPS) is 11.0. The lowest BCUT2D eigenvalue weighted by Crippen LogP contribution is -1.97. The van der Waals surface area contributed by atoms with E-state index in [-0.39, 0.29) is 10.9 Å². The number of rotatable bonds is 3. The highest BCUT2D eigenvalue weighted by molar-refractivity contribution is 8.15. The van der Waals surface area contributed by atoms with Gasteiger partial charge in [-0.25, -0.2) is 0 Å². The smallest absolute Gasteiger partial charge is 0.304 e. The summed E-state index contributed by atoms with van der Waals surface area (Å²) in [6.07, 6.45) is 4.50. The molecular weight excluding hydrogens is 124 g/mol. The molecule has 0 aliphatic heterocycles. The van der Waals surface area contributed by atoms with E-state index in [0.717, 1.165) is 5.75 Å². The third kappa shape index (κ3) is 5.82. The summed E-state index contributed by atoms with van der Waals surface area (Å²) in [5, 5.41) is 8.17. The zero-order valence-corrected chi connectivity index (χ0v) is 6.11. The third-order valence-electron chi connectivity index (χ3n) is 0.773. The van der Waals surface area contributed by atoms with E-state index in [4.69, 9.17) is 5.11 Å². The van der Waals surface area contributed by atoms with E-state index in [0.29, 0.717) is 6.42 Å². The van der Waals surface area contributed by atoms with Crippen LogP contribution in [-0.2, 0) is 4.79 Å². The minimum Gasteiger partial charge on any atom is -0.481 e. The van der Waals surface area contributed by atoms with E-state index >= 15 is 0 Å². The summed E-state index contributed by atoms with van der Waals surface area (Å²) in [6.45, 7) is 0. The predicted octanol–water partition coefficient (Wildman–Crippen LogP) is 0.722. The van der Waals surface area contributed by atoms with Gasteiger partial charge in [-0.15, -0.1) is 0 Å². The molecule has 50 valence electrons. The maximum Gasteiger partial charge on any atom is 0.304 e. The monoisotopic (exact) mass is 136 g/mol. The van der Waals surface area contributed by atoms with Gasteiger partial charge in [-0.3, -0.25) is 15.7 Å². The molecule has 0 aromatic carbocycles. The molecule has 0 saturated carbocycles. The van der Waals surface area contributed by atoms with Crippen molar-refractivity contribution in [3.8, 4) is 0 Å². The Morgan fingerprint density at radius 2 is 2.12 bits per heavy atom. The van der Waals surface area contributed by atoms with Gasteiger partial charge < -0.3 is 5.11 Å². The first-order chi connectivity index (χ1) is 3.63. The zero-order chi connectivity index (χ0) is 6.57. The number of carbonyl (C=O) groups is 1. The standard InChI is InChI=1S/C5H12O2S/c1-8(2)4-3-5(6)7/h8H,3-4H2,1-2H3,(H,6,7). The van der Waals surface area contributed by atoms with E-state index in [1.165, 1.54) is 0 Å². The lowest BCUT2D eigenvalue weighted by molar-refractivity contribution is -0.136. The van der Waals surface area contributed by atoms with Crippen LogP contribution in [0.3, 0.4) is 0 Å². The second-order valence-electron chi connectivity index (χ2n) is 1.95. The van der Waals surface area contributed by atoms with Gasteiger partial charge in [-0.1, -0.05) is 0 Å². The highest BCUT2D eigenvalue weighted by Crippen LogP contribution is 2.13. The number of hydrogen-bond donors (Lipinski definition) is 2. The first-order valence-corrected chi connectivity index (χ1v) is 4.91. The Balaban J connectivity index is 3.05. The number of thiol groups is 1. The van der Waals surface area contributed by atoms with Gasteiger partial charge in [-0.05, 0) is 18.3 Å².